The minimum absolute atomic E-state index is 0.101. The summed E-state index contributed by atoms with van der Waals surface area (Å²) in [4.78, 5) is 33.0. The van der Waals surface area contributed by atoms with Crippen molar-refractivity contribution in [3.63, 3.8) is 0 Å². The topological polar surface area (TPSA) is 75.3 Å². The number of ether oxygens (including phenoxy) is 1. The van der Waals surface area contributed by atoms with Crippen LogP contribution in [0.4, 0.5) is 0 Å². The number of hydrogen-bond donors (Lipinski definition) is 1. The van der Waals surface area contributed by atoms with E-state index in [0.717, 1.165) is 22.2 Å². The molecule has 134 valence electrons. The Morgan fingerprint density at radius 1 is 1.23 bits per heavy atom. The van der Waals surface area contributed by atoms with Crippen LogP contribution in [0, 0.1) is 0 Å². The number of pyridine rings is 2. The van der Waals surface area contributed by atoms with Crippen molar-refractivity contribution >= 4 is 16.8 Å². The summed E-state index contributed by atoms with van der Waals surface area (Å²) in [5, 5.41) is 0.871. The molecule has 0 unspecified atom stereocenters. The molecule has 0 aliphatic rings. The van der Waals surface area contributed by atoms with Gasteiger partial charge in [-0.05, 0) is 42.8 Å². The van der Waals surface area contributed by atoms with Crippen LogP contribution in [0.2, 0.25) is 0 Å². The lowest BCUT2D eigenvalue weighted by molar-refractivity contribution is -0.130. The maximum absolute atomic E-state index is 12.4. The fraction of sp³-hybridized carbons (Fsp3) is 0.250. The van der Waals surface area contributed by atoms with Gasteiger partial charge in [0.05, 0.1) is 13.2 Å². The summed E-state index contributed by atoms with van der Waals surface area (Å²) in [5.41, 5.74) is 1.99. The zero-order chi connectivity index (χ0) is 18.5. The molecule has 0 bridgehead atoms. The average Bonchev–Trinajstić information content (AvgIpc) is 2.63. The second kappa shape index (κ2) is 7.82. The van der Waals surface area contributed by atoms with Crippen molar-refractivity contribution in [2.24, 2.45) is 0 Å². The molecule has 6 heteroatoms. The number of aromatic nitrogens is 2. The molecule has 1 aromatic carbocycles. The molecular weight excluding hydrogens is 330 g/mol. The molecule has 2 aromatic heterocycles. The van der Waals surface area contributed by atoms with E-state index in [9.17, 15) is 9.59 Å². The number of carbonyl (C=O) groups excluding carboxylic acids is 1. The summed E-state index contributed by atoms with van der Waals surface area (Å²) >= 11 is 0. The zero-order valence-electron chi connectivity index (χ0n) is 14.9. The summed E-state index contributed by atoms with van der Waals surface area (Å²) in [6.07, 6.45) is 3.40. The van der Waals surface area contributed by atoms with E-state index in [-0.39, 0.29) is 18.0 Å². The highest BCUT2D eigenvalue weighted by Gasteiger charge is 2.13. The summed E-state index contributed by atoms with van der Waals surface area (Å²) in [6.45, 7) is 4.63. The summed E-state index contributed by atoms with van der Waals surface area (Å²) in [6, 6.07) is 11.1. The summed E-state index contributed by atoms with van der Waals surface area (Å²) in [7, 11) is 0. The number of H-pyrrole nitrogens is 1. The Labute approximate surface area is 151 Å². The van der Waals surface area contributed by atoms with E-state index >= 15 is 0 Å². The number of hydrogen-bond acceptors (Lipinski definition) is 4. The third-order valence-corrected chi connectivity index (χ3v) is 4.11. The SMILES string of the molecule is CCOc1ccc2[nH]c(=O)c(CN(Cc3cccnc3)C(C)=O)cc2c1. The predicted molar refractivity (Wildman–Crippen MR) is 99.9 cm³/mol. The van der Waals surface area contributed by atoms with Crippen molar-refractivity contribution in [1.82, 2.24) is 14.9 Å². The molecule has 0 saturated carbocycles. The van der Waals surface area contributed by atoms with Gasteiger partial charge in [-0.15, -0.1) is 0 Å². The van der Waals surface area contributed by atoms with E-state index in [1.807, 2.05) is 43.3 Å². The molecule has 26 heavy (non-hydrogen) atoms. The van der Waals surface area contributed by atoms with Crippen LogP contribution in [0.5, 0.6) is 5.75 Å². The molecule has 0 aliphatic heterocycles. The Balaban J connectivity index is 1.90. The van der Waals surface area contributed by atoms with Gasteiger partial charge in [-0.3, -0.25) is 14.6 Å². The molecule has 0 saturated heterocycles. The molecule has 0 spiro atoms. The van der Waals surface area contributed by atoms with Crippen molar-refractivity contribution in [2.45, 2.75) is 26.9 Å². The molecule has 2 heterocycles. The number of benzene rings is 1. The van der Waals surface area contributed by atoms with Crippen LogP contribution in [0.3, 0.4) is 0 Å². The van der Waals surface area contributed by atoms with Crippen LogP contribution >= 0.6 is 0 Å². The number of aromatic amines is 1. The molecule has 3 rings (SSSR count). The molecule has 1 amide bonds. The highest BCUT2D eigenvalue weighted by atomic mass is 16.5. The van der Waals surface area contributed by atoms with E-state index in [1.165, 1.54) is 6.92 Å². The van der Waals surface area contributed by atoms with Gasteiger partial charge in [0.2, 0.25) is 5.91 Å². The van der Waals surface area contributed by atoms with Gasteiger partial charge in [0, 0.05) is 42.3 Å². The number of nitrogens with one attached hydrogen (secondary N) is 1. The molecule has 0 fully saturated rings. The van der Waals surface area contributed by atoms with Crippen LogP contribution in [-0.2, 0) is 17.9 Å². The van der Waals surface area contributed by atoms with Crippen molar-refractivity contribution in [2.75, 3.05) is 6.61 Å². The van der Waals surface area contributed by atoms with Crippen molar-refractivity contribution in [1.29, 1.82) is 0 Å². The first kappa shape index (κ1) is 17.7. The fourth-order valence-electron chi connectivity index (χ4n) is 2.80. The maximum Gasteiger partial charge on any atom is 0.253 e. The molecule has 6 nitrogen and oxygen atoms in total. The van der Waals surface area contributed by atoms with E-state index in [0.29, 0.717) is 18.7 Å². The summed E-state index contributed by atoms with van der Waals surface area (Å²) < 4.78 is 5.52. The Bertz CT molecular complexity index is 967. The lowest BCUT2D eigenvalue weighted by atomic mass is 10.1. The number of rotatable bonds is 6. The van der Waals surface area contributed by atoms with E-state index in [1.54, 1.807) is 17.3 Å². The highest BCUT2D eigenvalue weighted by Crippen LogP contribution is 2.20. The summed E-state index contributed by atoms with van der Waals surface area (Å²) in [5.74, 6) is 0.646. The van der Waals surface area contributed by atoms with E-state index < -0.39 is 0 Å². The van der Waals surface area contributed by atoms with Gasteiger partial charge in [0.1, 0.15) is 5.75 Å². The average molecular weight is 351 g/mol. The Morgan fingerprint density at radius 2 is 2.08 bits per heavy atom. The first-order valence-corrected chi connectivity index (χ1v) is 8.50. The van der Waals surface area contributed by atoms with Gasteiger partial charge < -0.3 is 14.6 Å². The lowest BCUT2D eigenvalue weighted by Gasteiger charge is -2.21. The van der Waals surface area contributed by atoms with Crippen LogP contribution in [0.15, 0.2) is 53.6 Å². The maximum atomic E-state index is 12.4. The minimum Gasteiger partial charge on any atom is -0.494 e. The number of fused-ring (bicyclic) bond motifs is 1. The predicted octanol–water partition coefficient (Wildman–Crippen LogP) is 2.87. The smallest absolute Gasteiger partial charge is 0.253 e. The van der Waals surface area contributed by atoms with Crippen LogP contribution in [-0.4, -0.2) is 27.4 Å². The molecule has 0 radical (unpaired) electrons. The molecule has 0 aliphatic carbocycles. The van der Waals surface area contributed by atoms with Gasteiger partial charge in [-0.2, -0.15) is 0 Å². The monoisotopic (exact) mass is 351 g/mol. The molecular formula is C20H21N3O3. The Hall–Kier alpha value is -3.15. The Morgan fingerprint density at radius 3 is 2.77 bits per heavy atom. The normalized spacial score (nSPS) is 10.7. The van der Waals surface area contributed by atoms with Gasteiger partial charge in [-0.1, -0.05) is 6.07 Å². The fourth-order valence-corrected chi connectivity index (χ4v) is 2.80. The largest absolute Gasteiger partial charge is 0.494 e. The van der Waals surface area contributed by atoms with E-state index in [4.69, 9.17) is 4.74 Å². The first-order valence-electron chi connectivity index (χ1n) is 8.50. The standard InChI is InChI=1S/C20H21N3O3/c1-3-26-18-6-7-19-16(10-18)9-17(20(25)22-19)13-23(14(2)24)12-15-5-4-8-21-11-15/h4-11H,3,12-13H2,1-2H3,(H,22,25). The Kier molecular flexibility index (Phi) is 5.31. The van der Waals surface area contributed by atoms with Gasteiger partial charge >= 0.3 is 0 Å². The van der Waals surface area contributed by atoms with Gasteiger partial charge in [-0.25, -0.2) is 0 Å². The van der Waals surface area contributed by atoms with Crippen LogP contribution < -0.4 is 10.3 Å². The van der Waals surface area contributed by atoms with Crippen molar-refractivity contribution in [3.8, 4) is 5.75 Å². The van der Waals surface area contributed by atoms with Gasteiger partial charge in [0.25, 0.3) is 5.56 Å². The second-order valence-corrected chi connectivity index (χ2v) is 6.04. The third kappa shape index (κ3) is 4.08. The highest BCUT2D eigenvalue weighted by molar-refractivity contribution is 5.80. The molecule has 1 N–H and O–H groups in total. The van der Waals surface area contributed by atoms with Crippen molar-refractivity contribution in [3.05, 3.63) is 70.3 Å². The quantitative estimate of drug-likeness (QED) is 0.741. The number of nitrogens with zero attached hydrogens (tertiary/aromatic N) is 2. The number of carbonyl (C=O) groups is 1. The van der Waals surface area contributed by atoms with Crippen LogP contribution in [0.25, 0.3) is 10.9 Å². The van der Waals surface area contributed by atoms with Crippen molar-refractivity contribution < 1.29 is 9.53 Å². The molecule has 3 aromatic rings. The zero-order valence-corrected chi connectivity index (χ0v) is 14.9. The first-order chi connectivity index (χ1) is 12.6. The minimum atomic E-state index is -0.195. The van der Waals surface area contributed by atoms with Gasteiger partial charge in [0.15, 0.2) is 0 Å². The second-order valence-electron chi connectivity index (χ2n) is 6.04. The molecule has 0 atom stereocenters. The van der Waals surface area contributed by atoms with E-state index in [2.05, 4.69) is 9.97 Å². The lowest BCUT2D eigenvalue weighted by Crippen LogP contribution is -2.30. The number of amides is 1. The third-order valence-electron chi connectivity index (χ3n) is 4.11. The van der Waals surface area contributed by atoms with Crippen LogP contribution in [0.1, 0.15) is 25.0 Å².